The number of hydrogen-bond donors (Lipinski definition) is 3. The van der Waals surface area contributed by atoms with Gasteiger partial charge in [0.2, 0.25) is 0 Å². The number of phosphoric acid groups is 2. The van der Waals surface area contributed by atoms with E-state index in [4.69, 9.17) is 37.0 Å². The zero-order chi connectivity index (χ0) is 79.9. The summed E-state index contributed by atoms with van der Waals surface area (Å²) in [4.78, 5) is 73.2. The van der Waals surface area contributed by atoms with Crippen LogP contribution in [0, 0.1) is 11.8 Å². The third kappa shape index (κ3) is 82.4. The number of aliphatic hydroxyl groups excluding tert-OH is 1. The van der Waals surface area contributed by atoms with Gasteiger partial charge in [-0.05, 0) is 37.5 Å². The van der Waals surface area contributed by atoms with Gasteiger partial charge in [-0.25, -0.2) is 9.13 Å². The van der Waals surface area contributed by atoms with E-state index in [1.807, 2.05) is 0 Å². The van der Waals surface area contributed by atoms with Crippen LogP contribution in [0.2, 0.25) is 0 Å². The molecule has 0 aliphatic carbocycles. The number of unbranched alkanes of at least 4 members (excludes halogenated alkanes) is 58. The Kier molecular flexibility index (Phi) is 79.8. The molecular formula is C90H176O17P2. The number of hydrogen-bond acceptors (Lipinski definition) is 15. The van der Waals surface area contributed by atoms with E-state index in [1.165, 1.54) is 295 Å². The predicted octanol–water partition coefficient (Wildman–Crippen LogP) is 27.8. The van der Waals surface area contributed by atoms with E-state index in [-0.39, 0.29) is 25.7 Å². The molecule has 0 aromatic heterocycles. The Morgan fingerprint density at radius 1 is 0.266 bits per heavy atom. The lowest BCUT2D eigenvalue weighted by molar-refractivity contribution is -0.161. The van der Waals surface area contributed by atoms with Crippen molar-refractivity contribution in [1.82, 2.24) is 0 Å². The number of esters is 4. The number of ether oxygens (including phenoxy) is 4. The Morgan fingerprint density at radius 2 is 0.468 bits per heavy atom. The second-order valence-corrected chi connectivity index (χ2v) is 36.0. The van der Waals surface area contributed by atoms with Gasteiger partial charge in [0.15, 0.2) is 12.2 Å². The SMILES string of the molecule is CCCCCCCCCCCCCCCCCCCCCCC(=O)OC[C@H](COP(=O)(O)OC[C@@H](O)COP(=O)(O)OC[C@@H](COC(=O)CCCCCCCCCC)OC(=O)CCCCCCCCCCCCCCCCCCC(C)C)OC(=O)CCCCCCCCCCCCCCCCCCCCC(C)CC. The standard InChI is InChI=1S/C90H176O17P2/c1-7-10-12-14-16-18-19-20-21-22-23-24-28-34-39-44-49-55-61-67-73-88(93)101-79-86(107-90(95)75-68-62-56-50-45-40-35-29-26-25-27-33-38-43-48-53-59-65-71-83(6)9-3)81-105-109(98,99)103-77-84(91)76-102-108(96,97)104-80-85(78-100-87(92)72-66-60-54-17-15-13-11-8-2)106-89(94)74-69-63-57-51-46-41-36-31-30-32-37-42-47-52-58-64-70-82(4)5/h82-86,91H,7-81H2,1-6H3,(H,96,97)(H,98,99)/t83?,84-,85+,86+/m0/s1. The number of carbonyl (C=O) groups excluding carboxylic acids is 4. The number of phosphoric ester groups is 2. The van der Waals surface area contributed by atoms with Gasteiger partial charge < -0.3 is 33.8 Å². The van der Waals surface area contributed by atoms with E-state index in [0.717, 1.165) is 108 Å². The number of rotatable bonds is 89. The van der Waals surface area contributed by atoms with E-state index < -0.39 is 97.5 Å². The second kappa shape index (κ2) is 81.2. The topological polar surface area (TPSA) is 237 Å². The molecule has 0 aromatic rings. The van der Waals surface area contributed by atoms with Crippen molar-refractivity contribution in [3.05, 3.63) is 0 Å². The third-order valence-corrected chi connectivity index (χ3v) is 23.5. The van der Waals surface area contributed by atoms with Crippen molar-refractivity contribution in [3.8, 4) is 0 Å². The highest BCUT2D eigenvalue weighted by Gasteiger charge is 2.31. The lowest BCUT2D eigenvalue weighted by Gasteiger charge is -2.21. The number of aliphatic hydroxyl groups is 1. The molecule has 0 saturated carbocycles. The van der Waals surface area contributed by atoms with E-state index in [0.29, 0.717) is 25.7 Å². The van der Waals surface area contributed by atoms with Gasteiger partial charge in [-0.3, -0.25) is 37.3 Å². The summed E-state index contributed by atoms with van der Waals surface area (Å²) in [6, 6.07) is 0. The fourth-order valence-corrected chi connectivity index (χ4v) is 15.7. The highest BCUT2D eigenvalue weighted by molar-refractivity contribution is 7.47. The first kappa shape index (κ1) is 107. The van der Waals surface area contributed by atoms with Crippen molar-refractivity contribution in [2.75, 3.05) is 39.6 Å². The van der Waals surface area contributed by atoms with Crippen LogP contribution in [0.1, 0.15) is 485 Å². The summed E-state index contributed by atoms with van der Waals surface area (Å²) in [7, 11) is -9.93. The van der Waals surface area contributed by atoms with Crippen LogP contribution in [0.3, 0.4) is 0 Å². The third-order valence-electron chi connectivity index (χ3n) is 21.6. The minimum absolute atomic E-state index is 0.108. The van der Waals surface area contributed by atoms with E-state index >= 15 is 0 Å². The Balaban J connectivity index is 5.17. The van der Waals surface area contributed by atoms with Crippen LogP contribution in [0.4, 0.5) is 0 Å². The minimum Gasteiger partial charge on any atom is -0.462 e. The molecule has 6 atom stereocenters. The smallest absolute Gasteiger partial charge is 0.462 e. The largest absolute Gasteiger partial charge is 0.472 e. The van der Waals surface area contributed by atoms with Gasteiger partial charge in [0.05, 0.1) is 26.4 Å². The van der Waals surface area contributed by atoms with Crippen LogP contribution in [-0.4, -0.2) is 96.7 Å². The monoisotopic (exact) mass is 1590 g/mol. The molecule has 0 rings (SSSR count). The Morgan fingerprint density at radius 3 is 0.697 bits per heavy atom. The lowest BCUT2D eigenvalue weighted by Crippen LogP contribution is -2.30. The van der Waals surface area contributed by atoms with Gasteiger partial charge in [0.25, 0.3) is 0 Å². The fourth-order valence-electron chi connectivity index (χ4n) is 14.1. The average molecular weight is 1590 g/mol. The van der Waals surface area contributed by atoms with E-state index in [1.54, 1.807) is 0 Å². The molecule has 19 heteroatoms. The Bertz CT molecular complexity index is 2080. The highest BCUT2D eigenvalue weighted by atomic mass is 31.2. The van der Waals surface area contributed by atoms with Gasteiger partial charge in [0, 0.05) is 25.7 Å². The maximum absolute atomic E-state index is 13.2. The molecule has 109 heavy (non-hydrogen) atoms. The molecule has 0 amide bonds. The molecule has 0 saturated heterocycles. The number of carbonyl (C=O) groups is 4. The molecule has 648 valence electrons. The first-order valence-corrected chi connectivity index (χ1v) is 49.5. The highest BCUT2D eigenvalue weighted by Crippen LogP contribution is 2.45. The van der Waals surface area contributed by atoms with Gasteiger partial charge in [-0.15, -0.1) is 0 Å². The Hall–Kier alpha value is -1.94. The molecule has 0 bridgehead atoms. The van der Waals surface area contributed by atoms with Gasteiger partial charge >= 0.3 is 39.5 Å². The van der Waals surface area contributed by atoms with Crippen molar-refractivity contribution in [2.45, 2.75) is 503 Å². The molecule has 0 radical (unpaired) electrons. The van der Waals surface area contributed by atoms with Gasteiger partial charge in [0.1, 0.15) is 19.3 Å². The molecule has 0 fully saturated rings. The average Bonchev–Trinajstić information content (AvgIpc) is 0.898. The fraction of sp³-hybridized carbons (Fsp3) is 0.956. The first-order chi connectivity index (χ1) is 52.9. The summed E-state index contributed by atoms with van der Waals surface area (Å²) in [6.07, 6.45) is 75.2. The molecule has 3 unspecified atom stereocenters. The van der Waals surface area contributed by atoms with E-state index in [9.17, 15) is 43.2 Å². The van der Waals surface area contributed by atoms with Gasteiger partial charge in [-0.2, -0.15) is 0 Å². The molecular weight excluding hydrogens is 1410 g/mol. The second-order valence-electron chi connectivity index (χ2n) is 33.1. The van der Waals surface area contributed by atoms with Crippen molar-refractivity contribution in [3.63, 3.8) is 0 Å². The van der Waals surface area contributed by atoms with Crippen LogP contribution < -0.4 is 0 Å². The summed E-state index contributed by atoms with van der Waals surface area (Å²) in [5, 5.41) is 10.7. The maximum Gasteiger partial charge on any atom is 0.472 e. The summed E-state index contributed by atoms with van der Waals surface area (Å²) >= 11 is 0. The summed E-state index contributed by atoms with van der Waals surface area (Å²) in [5.41, 5.74) is 0. The predicted molar refractivity (Wildman–Crippen MR) is 451 cm³/mol. The first-order valence-electron chi connectivity index (χ1n) is 46.5. The van der Waals surface area contributed by atoms with Crippen LogP contribution >= 0.6 is 15.6 Å². The lowest BCUT2D eigenvalue weighted by atomic mass is 9.99. The summed E-state index contributed by atoms with van der Waals surface area (Å²) < 4.78 is 68.9. The van der Waals surface area contributed by atoms with Crippen molar-refractivity contribution < 1.29 is 80.2 Å². The molecule has 0 spiro atoms. The molecule has 3 N–H and O–H groups in total. The van der Waals surface area contributed by atoms with Crippen LogP contribution in [-0.2, 0) is 65.4 Å². The zero-order valence-electron chi connectivity index (χ0n) is 71.9. The molecule has 0 heterocycles. The normalized spacial score (nSPS) is 14.0. The van der Waals surface area contributed by atoms with Crippen LogP contribution in [0.5, 0.6) is 0 Å². The summed E-state index contributed by atoms with van der Waals surface area (Å²) in [5.74, 6) is -0.420. The van der Waals surface area contributed by atoms with Crippen LogP contribution in [0.25, 0.3) is 0 Å². The van der Waals surface area contributed by atoms with E-state index in [2.05, 4.69) is 41.5 Å². The Labute approximate surface area is 670 Å². The van der Waals surface area contributed by atoms with Crippen LogP contribution in [0.15, 0.2) is 0 Å². The molecule has 0 aromatic carbocycles. The van der Waals surface area contributed by atoms with Crippen molar-refractivity contribution in [2.24, 2.45) is 11.8 Å². The quantitative estimate of drug-likeness (QED) is 0.0222. The maximum atomic E-state index is 13.2. The zero-order valence-corrected chi connectivity index (χ0v) is 73.7. The van der Waals surface area contributed by atoms with Gasteiger partial charge in [-0.1, -0.05) is 433 Å². The molecule has 0 aliphatic heterocycles. The minimum atomic E-state index is -4.97. The molecule has 17 nitrogen and oxygen atoms in total. The molecule has 0 aliphatic rings. The summed E-state index contributed by atoms with van der Waals surface area (Å²) in [6.45, 7) is 9.76. The van der Waals surface area contributed by atoms with Crippen molar-refractivity contribution in [1.29, 1.82) is 0 Å². The van der Waals surface area contributed by atoms with Crippen molar-refractivity contribution >= 4 is 39.5 Å².